The van der Waals surface area contributed by atoms with Crippen LogP contribution in [0.15, 0.2) is 30.3 Å². The zero-order valence-electron chi connectivity index (χ0n) is 32.0. The average Bonchev–Trinajstić information content (AvgIpc) is 3.87. The Balaban J connectivity index is 0.000000223. The van der Waals surface area contributed by atoms with Crippen LogP contribution in [0.5, 0.6) is 0 Å². The number of nitrogens with one attached hydrogen (secondary N) is 2. The van der Waals surface area contributed by atoms with Crippen molar-refractivity contribution in [3.8, 4) is 0 Å². The molecule has 4 saturated carbocycles. The molecular formula is C38H64BN3O6. The SMILES string of the molecule is CC.CC.CC(NC=O)B1OC2C3(C)C[C@@H]4C5C([C@]2(C)O1)[C@]543.CC(c1ccccc1)N1CCCC(NC(=O)OC(C)(C)C)C1=O.CCC. The molecule has 7 rings (SSSR count). The number of carbonyl (C=O) groups is 3. The summed E-state index contributed by atoms with van der Waals surface area (Å²) < 4.78 is 17.7. The van der Waals surface area contributed by atoms with E-state index in [4.69, 9.17) is 14.0 Å². The van der Waals surface area contributed by atoms with Gasteiger partial charge in [0.2, 0.25) is 12.3 Å². The summed E-state index contributed by atoms with van der Waals surface area (Å²) in [5.74, 6) is 2.53. The van der Waals surface area contributed by atoms with Gasteiger partial charge in [-0.15, -0.1) is 0 Å². The zero-order chi connectivity index (χ0) is 36.2. The smallest absolute Gasteiger partial charge is 0.444 e. The van der Waals surface area contributed by atoms with Crippen LogP contribution in [0.2, 0.25) is 0 Å². The van der Waals surface area contributed by atoms with E-state index in [9.17, 15) is 14.4 Å². The molecule has 7 unspecified atom stereocenters. The number of nitrogens with zero attached hydrogens (tertiary/aromatic N) is 1. The van der Waals surface area contributed by atoms with Crippen molar-refractivity contribution < 1.29 is 28.4 Å². The number of carbonyl (C=O) groups excluding carboxylic acids is 3. The Labute approximate surface area is 291 Å². The predicted molar refractivity (Wildman–Crippen MR) is 192 cm³/mol. The second-order valence-corrected chi connectivity index (χ2v) is 15.1. The molecule has 2 heterocycles. The van der Waals surface area contributed by atoms with E-state index in [1.807, 2.05) is 76.8 Å². The van der Waals surface area contributed by atoms with Gasteiger partial charge < -0.3 is 29.6 Å². The summed E-state index contributed by atoms with van der Waals surface area (Å²) in [6, 6.07) is 9.41. The molecule has 6 aliphatic rings. The van der Waals surface area contributed by atoms with Crippen LogP contribution in [0.4, 0.5) is 4.79 Å². The van der Waals surface area contributed by atoms with Crippen molar-refractivity contribution >= 4 is 25.5 Å². The molecule has 3 amide bonds. The summed E-state index contributed by atoms with van der Waals surface area (Å²) >= 11 is 0. The first-order valence-corrected chi connectivity index (χ1v) is 18.6. The lowest BCUT2D eigenvalue weighted by atomic mass is 9.62. The summed E-state index contributed by atoms with van der Waals surface area (Å²) in [5.41, 5.74) is 1.38. The summed E-state index contributed by atoms with van der Waals surface area (Å²) in [5, 5.41) is 5.46. The highest BCUT2D eigenvalue weighted by Crippen LogP contribution is 3.06. The number of ether oxygens (including phenoxy) is 1. The lowest BCUT2D eigenvalue weighted by molar-refractivity contribution is -0.138. The highest BCUT2D eigenvalue weighted by atomic mass is 16.7. The lowest BCUT2D eigenvalue weighted by Gasteiger charge is -2.44. The number of benzene rings is 1. The first-order valence-electron chi connectivity index (χ1n) is 18.6. The first-order chi connectivity index (χ1) is 22.7. The van der Waals surface area contributed by atoms with Crippen molar-refractivity contribution in [1.29, 1.82) is 0 Å². The van der Waals surface area contributed by atoms with Gasteiger partial charge in [-0.2, -0.15) is 0 Å². The molecular weight excluding hydrogens is 605 g/mol. The van der Waals surface area contributed by atoms with Crippen LogP contribution >= 0.6 is 0 Å². The second-order valence-electron chi connectivity index (χ2n) is 15.1. The molecule has 10 atom stereocenters. The van der Waals surface area contributed by atoms with E-state index in [2.05, 4.69) is 38.3 Å². The highest BCUT2D eigenvalue weighted by molar-refractivity contribution is 6.47. The molecule has 0 bridgehead atoms. The fourth-order valence-electron chi connectivity index (χ4n) is 9.23. The van der Waals surface area contributed by atoms with Gasteiger partial charge in [-0.3, -0.25) is 9.59 Å². The van der Waals surface area contributed by atoms with E-state index < -0.39 is 17.7 Å². The number of likely N-dealkylation sites (tertiary alicyclic amines) is 1. The maximum Gasteiger partial charge on any atom is 0.481 e. The van der Waals surface area contributed by atoms with Crippen molar-refractivity contribution in [2.75, 3.05) is 6.54 Å². The summed E-state index contributed by atoms with van der Waals surface area (Å²) in [4.78, 5) is 37.0. The molecule has 0 aromatic heterocycles. The molecule has 1 aromatic rings. The fourth-order valence-corrected chi connectivity index (χ4v) is 9.23. The zero-order valence-corrected chi connectivity index (χ0v) is 32.0. The Morgan fingerprint density at radius 1 is 1.12 bits per heavy atom. The predicted octanol–water partition coefficient (Wildman–Crippen LogP) is 7.34. The van der Waals surface area contributed by atoms with Gasteiger partial charge in [0.05, 0.1) is 23.7 Å². The molecule has 0 radical (unpaired) electrons. The molecule has 2 saturated heterocycles. The normalized spacial score (nSPS) is 35.2. The van der Waals surface area contributed by atoms with E-state index >= 15 is 0 Å². The van der Waals surface area contributed by atoms with E-state index in [0.29, 0.717) is 23.8 Å². The Kier molecular flexibility index (Phi) is 12.9. The number of piperidine rings is 1. The van der Waals surface area contributed by atoms with Gasteiger partial charge in [0.1, 0.15) is 11.6 Å². The van der Waals surface area contributed by atoms with Gasteiger partial charge >= 0.3 is 13.2 Å². The number of hydrogen-bond donors (Lipinski definition) is 2. The highest BCUT2D eigenvalue weighted by Gasteiger charge is 3.06. The molecule has 2 N–H and O–H groups in total. The van der Waals surface area contributed by atoms with Crippen molar-refractivity contribution in [3.63, 3.8) is 0 Å². The number of alkyl carbamates (subject to hydrolysis) is 1. The van der Waals surface area contributed by atoms with Crippen LogP contribution in [-0.4, -0.2) is 66.3 Å². The van der Waals surface area contributed by atoms with Crippen LogP contribution in [0.1, 0.15) is 127 Å². The van der Waals surface area contributed by atoms with E-state index in [-0.39, 0.29) is 36.7 Å². The van der Waals surface area contributed by atoms with Gasteiger partial charge in [0.25, 0.3) is 0 Å². The van der Waals surface area contributed by atoms with Gasteiger partial charge in [-0.1, -0.05) is 85.2 Å². The summed E-state index contributed by atoms with van der Waals surface area (Å²) in [6.45, 7) is 27.0. The summed E-state index contributed by atoms with van der Waals surface area (Å²) in [6.07, 6.45) is 4.50. The van der Waals surface area contributed by atoms with Crippen molar-refractivity contribution in [3.05, 3.63) is 35.9 Å². The van der Waals surface area contributed by atoms with Crippen molar-refractivity contribution in [1.82, 2.24) is 15.5 Å². The Hall–Kier alpha value is -2.59. The number of rotatable bonds is 6. The first kappa shape index (κ1) is 39.8. The minimum atomic E-state index is -0.571. The van der Waals surface area contributed by atoms with Crippen molar-refractivity contribution in [2.45, 2.75) is 151 Å². The number of amides is 3. The molecule has 1 aromatic carbocycles. The van der Waals surface area contributed by atoms with E-state index in [1.165, 1.54) is 12.8 Å². The average molecular weight is 670 g/mol. The molecule has 1 spiro atoms. The summed E-state index contributed by atoms with van der Waals surface area (Å²) in [7, 11) is -0.279. The third-order valence-electron chi connectivity index (χ3n) is 10.9. The molecule has 9 nitrogen and oxygen atoms in total. The van der Waals surface area contributed by atoms with Crippen LogP contribution in [0.3, 0.4) is 0 Å². The maximum atomic E-state index is 12.7. The molecule has 6 fully saturated rings. The minimum Gasteiger partial charge on any atom is -0.444 e. The number of hydrogen-bond acceptors (Lipinski definition) is 6. The topological polar surface area (TPSA) is 106 Å². The van der Waals surface area contributed by atoms with Gasteiger partial charge in [-0.05, 0) is 89.5 Å². The van der Waals surface area contributed by atoms with Gasteiger partial charge in [0.15, 0.2) is 0 Å². The molecule has 2 aliphatic heterocycles. The molecule has 10 heteroatoms. The quantitative estimate of drug-likeness (QED) is 0.243. The van der Waals surface area contributed by atoms with Crippen LogP contribution < -0.4 is 10.6 Å². The van der Waals surface area contributed by atoms with Crippen LogP contribution in [-0.2, 0) is 23.6 Å². The Bertz CT molecular complexity index is 1240. The van der Waals surface area contributed by atoms with Crippen LogP contribution in [0, 0.1) is 28.6 Å². The van der Waals surface area contributed by atoms with Gasteiger partial charge in [-0.25, -0.2) is 4.79 Å². The number of fused-ring (bicyclic) bond motifs is 5. The monoisotopic (exact) mass is 669 g/mol. The second kappa shape index (κ2) is 15.5. The van der Waals surface area contributed by atoms with E-state index in [1.54, 1.807) is 20.8 Å². The molecule has 4 aliphatic carbocycles. The Morgan fingerprint density at radius 2 is 1.73 bits per heavy atom. The minimum absolute atomic E-state index is 0.00747. The standard InChI is InChI=1S/C18H26N2O3.C13H18BNO3.C3H8.2C2H6/c1-13(14-9-6-5-7-10-14)20-12-8-11-15(16(20)21)19-17(22)23-18(2,3)4;1-6(15-5-16)14-17-10-11(2)4-7-8-9(13(7,8)11)12(10,3)18-14;1-3-2;2*1-2/h5-7,9-10,13,15H,8,11-12H2,1-4H3,(H,19,22);5-10H,4H2,1-3H3,(H,15,16);3H2,1-2H3;2*1-2H3/t;6?,7-,8?,9?,10?,11?,12+,13-;;;/m.1.../s1. The largest absolute Gasteiger partial charge is 0.481 e. The Morgan fingerprint density at radius 3 is 2.27 bits per heavy atom. The van der Waals surface area contributed by atoms with E-state index in [0.717, 1.165) is 36.1 Å². The third kappa shape index (κ3) is 6.90. The molecule has 270 valence electrons. The fraction of sp³-hybridized carbons (Fsp3) is 0.763. The third-order valence-corrected chi connectivity index (χ3v) is 10.9. The van der Waals surface area contributed by atoms with Crippen LogP contribution in [0.25, 0.3) is 0 Å². The maximum absolute atomic E-state index is 12.7. The van der Waals surface area contributed by atoms with Crippen molar-refractivity contribution in [2.24, 2.45) is 28.6 Å². The lowest BCUT2D eigenvalue weighted by Crippen LogP contribution is -2.53. The molecule has 48 heavy (non-hydrogen) atoms. The van der Waals surface area contributed by atoms with Gasteiger partial charge in [0, 0.05) is 12.0 Å².